The molecule has 3 amide bonds. The van der Waals surface area contributed by atoms with Gasteiger partial charge in [0.05, 0.1) is 25.2 Å². The number of fused-ring (bicyclic) bond motifs is 1. The van der Waals surface area contributed by atoms with Crippen molar-refractivity contribution in [2.24, 2.45) is 20.0 Å². The van der Waals surface area contributed by atoms with Crippen molar-refractivity contribution in [3.05, 3.63) is 62.5 Å². The molecule has 1 saturated carbocycles. The van der Waals surface area contributed by atoms with E-state index in [2.05, 4.69) is 9.82 Å². The predicted molar refractivity (Wildman–Crippen MR) is 129 cm³/mol. The molecule has 2 unspecified atom stereocenters. The lowest BCUT2D eigenvalue weighted by atomic mass is 10.0. The summed E-state index contributed by atoms with van der Waals surface area (Å²) >= 11 is 1.01. The maximum atomic E-state index is 13.6. The Morgan fingerprint density at radius 1 is 1.11 bits per heavy atom. The van der Waals surface area contributed by atoms with Gasteiger partial charge in [-0.3, -0.25) is 19.2 Å². The molecular weight excluding hydrogens is 492 g/mol. The fourth-order valence-electron chi connectivity index (χ4n) is 4.25. The van der Waals surface area contributed by atoms with Crippen LogP contribution in [0, 0.1) is 5.92 Å². The van der Waals surface area contributed by atoms with Crippen molar-refractivity contribution in [1.29, 1.82) is 0 Å². The molecule has 5 rings (SSSR count). The lowest BCUT2D eigenvalue weighted by Gasteiger charge is -2.41. The molecule has 3 aliphatic rings. The van der Waals surface area contributed by atoms with E-state index in [1.54, 1.807) is 43.4 Å². The number of carbonyl (C=O) groups excluding carboxylic acids is 2. The van der Waals surface area contributed by atoms with Crippen molar-refractivity contribution in [2.75, 3.05) is 0 Å². The van der Waals surface area contributed by atoms with E-state index in [0.29, 0.717) is 11.1 Å². The van der Waals surface area contributed by atoms with Crippen LogP contribution in [0.3, 0.4) is 0 Å². The number of thioether (sulfide) groups is 1. The third kappa shape index (κ3) is 4.55. The molecule has 13 heteroatoms. The molecule has 186 valence electrons. The molecule has 1 N–H and O–H groups in total. The summed E-state index contributed by atoms with van der Waals surface area (Å²) in [5, 5.41) is 3.39. The van der Waals surface area contributed by atoms with Gasteiger partial charge in [-0.15, -0.1) is 0 Å². The first-order valence-corrected chi connectivity index (χ1v) is 13.5. The molecule has 4 heterocycles. The van der Waals surface area contributed by atoms with Crippen molar-refractivity contribution >= 4 is 33.7 Å². The van der Waals surface area contributed by atoms with Crippen LogP contribution in [0.2, 0.25) is 0 Å². The summed E-state index contributed by atoms with van der Waals surface area (Å²) in [6.07, 6.45) is 7.91. The molecule has 35 heavy (non-hydrogen) atoms. The second-order valence-corrected chi connectivity index (χ2v) is 12.6. The Hall–Kier alpha value is -2.90. The molecule has 2 aliphatic heterocycles. The van der Waals surface area contributed by atoms with Crippen LogP contribution in [-0.4, -0.2) is 55.4 Å². The standard InChI is InChI=1S/C22H26N6O5S2/c1-22(6-7-22)24-35(32,33)18-8-16-19(30)27(13-15-9-23-26(3)11-15)21(31)28(20(16)34-18)12-14-4-5-17(29)25(2)10-14/h4-5,8-11,16,20,24H,6-7,12-13H2,1-3H3. The minimum absolute atomic E-state index is 0.0232. The van der Waals surface area contributed by atoms with Crippen LogP contribution in [0.1, 0.15) is 30.9 Å². The number of aryl methyl sites for hydroxylation is 2. The highest BCUT2D eigenvalue weighted by Crippen LogP contribution is 2.46. The number of sulfonamides is 1. The van der Waals surface area contributed by atoms with E-state index in [1.165, 1.54) is 21.6 Å². The van der Waals surface area contributed by atoms with E-state index >= 15 is 0 Å². The average Bonchev–Trinajstić information content (AvgIpc) is 3.16. The maximum absolute atomic E-state index is 13.6. The summed E-state index contributed by atoms with van der Waals surface area (Å²) in [5.74, 6) is -1.27. The Bertz CT molecular complexity index is 1410. The molecule has 11 nitrogen and oxygen atoms in total. The number of imide groups is 1. The second-order valence-electron chi connectivity index (χ2n) is 9.53. The first-order valence-electron chi connectivity index (χ1n) is 11.1. The number of pyridine rings is 1. The number of nitrogens with zero attached hydrogens (tertiary/aromatic N) is 5. The molecule has 1 saturated heterocycles. The largest absolute Gasteiger partial charge is 0.328 e. The van der Waals surface area contributed by atoms with Gasteiger partial charge in [0, 0.05) is 43.7 Å². The van der Waals surface area contributed by atoms with Crippen LogP contribution in [0.15, 0.2) is 45.8 Å². The SMILES string of the molecule is Cn1cc(CN2C(=O)C3C=C(S(=O)(=O)NC4(C)CC4)SC3N(Cc3ccc(=O)n(C)c3)C2=O)cn1. The third-order valence-electron chi connectivity index (χ3n) is 6.44. The lowest BCUT2D eigenvalue weighted by Crippen LogP contribution is -2.58. The van der Waals surface area contributed by atoms with Gasteiger partial charge in [-0.05, 0) is 31.4 Å². The number of urea groups is 1. The summed E-state index contributed by atoms with van der Waals surface area (Å²) in [6.45, 7) is 1.98. The number of aromatic nitrogens is 3. The zero-order valence-corrected chi connectivity index (χ0v) is 21.2. The van der Waals surface area contributed by atoms with Crippen molar-refractivity contribution in [1.82, 2.24) is 28.9 Å². The highest BCUT2D eigenvalue weighted by atomic mass is 32.3. The van der Waals surface area contributed by atoms with Gasteiger partial charge in [0.1, 0.15) is 9.61 Å². The van der Waals surface area contributed by atoms with Gasteiger partial charge in [0.2, 0.25) is 21.5 Å². The van der Waals surface area contributed by atoms with E-state index in [-0.39, 0.29) is 22.9 Å². The summed E-state index contributed by atoms with van der Waals surface area (Å²) in [7, 11) is -0.470. The van der Waals surface area contributed by atoms with Crippen molar-refractivity contribution in [3.63, 3.8) is 0 Å². The molecule has 2 aromatic heterocycles. The number of nitrogens with one attached hydrogen (secondary N) is 1. The molecule has 2 fully saturated rings. The van der Waals surface area contributed by atoms with Crippen LogP contribution < -0.4 is 10.3 Å². The van der Waals surface area contributed by atoms with Crippen LogP contribution in [-0.2, 0) is 42.0 Å². The topological polar surface area (TPSA) is 127 Å². The van der Waals surface area contributed by atoms with E-state index in [4.69, 9.17) is 0 Å². The first-order chi connectivity index (χ1) is 16.5. The van der Waals surface area contributed by atoms with Gasteiger partial charge in [-0.1, -0.05) is 17.8 Å². The molecular formula is C22H26N6O5S2. The number of carbonyl (C=O) groups is 2. The zero-order chi connectivity index (χ0) is 25.1. The highest BCUT2D eigenvalue weighted by molar-refractivity contribution is 8.18. The predicted octanol–water partition coefficient (Wildman–Crippen LogP) is 1.09. The number of amides is 3. The van der Waals surface area contributed by atoms with Crippen molar-refractivity contribution in [3.8, 4) is 0 Å². The van der Waals surface area contributed by atoms with Crippen LogP contribution in [0.25, 0.3) is 0 Å². The fraction of sp³-hybridized carbons (Fsp3) is 0.455. The van der Waals surface area contributed by atoms with E-state index < -0.39 is 38.8 Å². The van der Waals surface area contributed by atoms with Gasteiger partial charge < -0.3 is 9.47 Å². The third-order valence-corrected chi connectivity index (χ3v) is 9.97. The monoisotopic (exact) mass is 518 g/mol. The summed E-state index contributed by atoms with van der Waals surface area (Å²) in [4.78, 5) is 41.5. The molecule has 2 aromatic rings. The van der Waals surface area contributed by atoms with Gasteiger partial charge in [0.15, 0.2) is 0 Å². The number of hydrogen-bond acceptors (Lipinski definition) is 7. The Labute approximate surface area is 206 Å². The summed E-state index contributed by atoms with van der Waals surface area (Å²) < 4.78 is 31.9. The Balaban J connectivity index is 1.48. The molecule has 0 bridgehead atoms. The summed E-state index contributed by atoms with van der Waals surface area (Å²) in [6, 6.07) is 2.53. The van der Waals surface area contributed by atoms with Gasteiger partial charge in [-0.2, -0.15) is 5.10 Å². The highest BCUT2D eigenvalue weighted by Gasteiger charge is 2.52. The first kappa shape index (κ1) is 23.8. The van der Waals surface area contributed by atoms with Gasteiger partial charge in [-0.25, -0.2) is 17.9 Å². The normalized spacial score (nSPS) is 23.5. The van der Waals surface area contributed by atoms with Gasteiger partial charge >= 0.3 is 6.03 Å². The quantitative estimate of drug-likeness (QED) is 0.581. The van der Waals surface area contributed by atoms with Gasteiger partial charge in [0.25, 0.3) is 0 Å². The Morgan fingerprint density at radius 2 is 1.86 bits per heavy atom. The smallest absolute Gasteiger partial charge is 0.318 e. The molecule has 2 atom stereocenters. The summed E-state index contributed by atoms with van der Waals surface area (Å²) in [5.41, 5.74) is 0.722. The fourth-order valence-corrected chi connectivity index (χ4v) is 7.55. The lowest BCUT2D eigenvalue weighted by molar-refractivity contribution is -0.135. The minimum atomic E-state index is -3.83. The van der Waals surface area contributed by atoms with Crippen LogP contribution >= 0.6 is 11.8 Å². The number of rotatable bonds is 7. The molecule has 0 radical (unpaired) electrons. The maximum Gasteiger partial charge on any atom is 0.328 e. The van der Waals surface area contributed by atoms with Crippen molar-refractivity contribution < 1.29 is 18.0 Å². The van der Waals surface area contributed by atoms with Crippen LogP contribution in [0.4, 0.5) is 4.79 Å². The molecule has 1 aliphatic carbocycles. The molecule has 0 aromatic carbocycles. The molecule has 0 spiro atoms. The average molecular weight is 519 g/mol. The van der Waals surface area contributed by atoms with E-state index in [1.807, 2.05) is 6.92 Å². The van der Waals surface area contributed by atoms with Crippen LogP contribution in [0.5, 0.6) is 0 Å². The van der Waals surface area contributed by atoms with E-state index in [9.17, 15) is 22.8 Å². The second kappa shape index (κ2) is 8.35. The van der Waals surface area contributed by atoms with Crippen molar-refractivity contribution in [2.45, 2.75) is 43.8 Å². The zero-order valence-electron chi connectivity index (χ0n) is 19.5. The minimum Gasteiger partial charge on any atom is -0.318 e. The van der Waals surface area contributed by atoms with E-state index in [0.717, 1.165) is 29.5 Å². The Kier molecular flexibility index (Phi) is 5.68. The number of hydrogen-bond donors (Lipinski definition) is 1. The Morgan fingerprint density at radius 3 is 2.49 bits per heavy atom.